The minimum Gasteiger partial charge on any atom is -0.314 e. The molecule has 0 aromatic heterocycles. The lowest BCUT2D eigenvalue weighted by atomic mass is 9.77. The van der Waals surface area contributed by atoms with Gasteiger partial charge in [-0.1, -0.05) is 52.0 Å². The summed E-state index contributed by atoms with van der Waals surface area (Å²) in [5, 5.41) is 3.76. The second-order valence-electron chi connectivity index (χ2n) is 7.54. The van der Waals surface area contributed by atoms with E-state index in [0.717, 1.165) is 12.5 Å². The predicted molar refractivity (Wildman–Crippen MR) is 88.1 cm³/mol. The van der Waals surface area contributed by atoms with E-state index in [9.17, 15) is 0 Å². The molecule has 0 amide bonds. The molecule has 112 valence electrons. The number of aryl methyl sites for hydroxylation is 1. The van der Waals surface area contributed by atoms with Crippen LogP contribution in [0.3, 0.4) is 0 Å². The molecule has 0 radical (unpaired) electrons. The van der Waals surface area contributed by atoms with Crippen LogP contribution in [0, 0.1) is 11.3 Å². The van der Waals surface area contributed by atoms with E-state index >= 15 is 0 Å². The standard InChI is InChI=1S/C19H31N/c1-5-20-18(12-13-19(2,3)4)17-11-10-15-8-6-7-9-16(15)14-17/h6-9,17-18,20H,5,10-14H2,1-4H3. The maximum Gasteiger partial charge on any atom is 0.00987 e. The number of fused-ring (bicyclic) bond motifs is 1. The zero-order valence-corrected chi connectivity index (χ0v) is 13.7. The van der Waals surface area contributed by atoms with Gasteiger partial charge >= 0.3 is 0 Å². The summed E-state index contributed by atoms with van der Waals surface area (Å²) in [7, 11) is 0. The smallest absolute Gasteiger partial charge is 0.00987 e. The molecule has 0 spiro atoms. The molecule has 1 N–H and O–H groups in total. The zero-order valence-electron chi connectivity index (χ0n) is 13.7. The number of rotatable bonds is 5. The van der Waals surface area contributed by atoms with Crippen molar-refractivity contribution in [2.24, 2.45) is 11.3 Å². The summed E-state index contributed by atoms with van der Waals surface area (Å²) in [5.74, 6) is 0.812. The van der Waals surface area contributed by atoms with Crippen LogP contribution < -0.4 is 5.32 Å². The van der Waals surface area contributed by atoms with Crippen molar-refractivity contribution in [3.8, 4) is 0 Å². The Bertz CT molecular complexity index is 416. The van der Waals surface area contributed by atoms with Gasteiger partial charge in [-0.3, -0.25) is 0 Å². The van der Waals surface area contributed by atoms with Crippen molar-refractivity contribution in [3.05, 3.63) is 35.4 Å². The van der Waals surface area contributed by atoms with E-state index in [2.05, 4.69) is 57.3 Å². The van der Waals surface area contributed by atoms with Gasteiger partial charge in [0, 0.05) is 6.04 Å². The molecular weight excluding hydrogens is 242 g/mol. The molecule has 0 fully saturated rings. The zero-order chi connectivity index (χ0) is 14.6. The van der Waals surface area contributed by atoms with Gasteiger partial charge in [-0.05, 0) is 61.1 Å². The summed E-state index contributed by atoms with van der Waals surface area (Å²) in [6.45, 7) is 10.4. The summed E-state index contributed by atoms with van der Waals surface area (Å²) < 4.78 is 0. The monoisotopic (exact) mass is 273 g/mol. The highest BCUT2D eigenvalue weighted by Crippen LogP contribution is 2.31. The van der Waals surface area contributed by atoms with Crippen LogP contribution in [0.25, 0.3) is 0 Å². The van der Waals surface area contributed by atoms with E-state index in [1.165, 1.54) is 32.1 Å². The molecule has 0 aliphatic heterocycles. The van der Waals surface area contributed by atoms with Gasteiger partial charge in [0.1, 0.15) is 0 Å². The maximum atomic E-state index is 3.76. The van der Waals surface area contributed by atoms with E-state index in [1.807, 2.05) is 0 Å². The van der Waals surface area contributed by atoms with Crippen molar-refractivity contribution in [2.75, 3.05) is 6.54 Å². The Morgan fingerprint density at radius 3 is 2.55 bits per heavy atom. The normalized spacial score (nSPS) is 20.5. The van der Waals surface area contributed by atoms with Gasteiger partial charge in [0.2, 0.25) is 0 Å². The summed E-state index contributed by atoms with van der Waals surface area (Å²) in [6, 6.07) is 9.70. The fraction of sp³-hybridized carbons (Fsp3) is 0.684. The van der Waals surface area contributed by atoms with E-state index in [0.29, 0.717) is 11.5 Å². The van der Waals surface area contributed by atoms with E-state index in [1.54, 1.807) is 11.1 Å². The van der Waals surface area contributed by atoms with Gasteiger partial charge in [0.05, 0.1) is 0 Å². The summed E-state index contributed by atoms with van der Waals surface area (Å²) >= 11 is 0. The Kier molecular flexibility index (Phi) is 5.26. The van der Waals surface area contributed by atoms with Crippen LogP contribution >= 0.6 is 0 Å². The van der Waals surface area contributed by atoms with Gasteiger partial charge in [-0.2, -0.15) is 0 Å². The van der Waals surface area contributed by atoms with Crippen molar-refractivity contribution < 1.29 is 0 Å². The Labute approximate surface area is 125 Å². The van der Waals surface area contributed by atoms with Crippen LogP contribution in [0.1, 0.15) is 58.1 Å². The fourth-order valence-corrected chi connectivity index (χ4v) is 3.42. The summed E-state index contributed by atoms with van der Waals surface area (Å²) in [4.78, 5) is 0. The molecule has 1 aromatic carbocycles. The van der Waals surface area contributed by atoms with Crippen molar-refractivity contribution in [3.63, 3.8) is 0 Å². The Morgan fingerprint density at radius 2 is 1.90 bits per heavy atom. The van der Waals surface area contributed by atoms with Crippen LogP contribution in [-0.2, 0) is 12.8 Å². The fourth-order valence-electron chi connectivity index (χ4n) is 3.42. The number of benzene rings is 1. The average Bonchev–Trinajstić information content (AvgIpc) is 2.42. The molecule has 1 aliphatic rings. The quantitative estimate of drug-likeness (QED) is 0.827. The van der Waals surface area contributed by atoms with Crippen LogP contribution in [0.2, 0.25) is 0 Å². The SMILES string of the molecule is CCNC(CCC(C)(C)C)C1CCc2ccccc2C1. The topological polar surface area (TPSA) is 12.0 Å². The van der Waals surface area contributed by atoms with Crippen molar-refractivity contribution in [1.29, 1.82) is 0 Å². The Hall–Kier alpha value is -0.820. The van der Waals surface area contributed by atoms with Crippen LogP contribution in [0.5, 0.6) is 0 Å². The molecule has 0 saturated heterocycles. The van der Waals surface area contributed by atoms with Crippen LogP contribution in [0.4, 0.5) is 0 Å². The highest BCUT2D eigenvalue weighted by molar-refractivity contribution is 5.30. The summed E-state index contributed by atoms with van der Waals surface area (Å²) in [6.07, 6.45) is 6.49. The third kappa shape index (κ3) is 4.34. The molecular formula is C19H31N. The number of hydrogen-bond donors (Lipinski definition) is 1. The highest BCUT2D eigenvalue weighted by atomic mass is 14.9. The lowest BCUT2D eigenvalue weighted by Gasteiger charge is -2.33. The van der Waals surface area contributed by atoms with Gasteiger partial charge in [0.15, 0.2) is 0 Å². The highest BCUT2D eigenvalue weighted by Gasteiger charge is 2.26. The first-order valence-corrected chi connectivity index (χ1v) is 8.30. The number of nitrogens with one attached hydrogen (secondary N) is 1. The molecule has 1 nitrogen and oxygen atoms in total. The predicted octanol–water partition coefficient (Wildman–Crippen LogP) is 4.60. The molecule has 0 heterocycles. The minimum atomic E-state index is 0.445. The molecule has 2 atom stereocenters. The Morgan fingerprint density at radius 1 is 1.20 bits per heavy atom. The molecule has 1 aliphatic carbocycles. The van der Waals surface area contributed by atoms with Crippen molar-refractivity contribution >= 4 is 0 Å². The largest absolute Gasteiger partial charge is 0.314 e. The van der Waals surface area contributed by atoms with Crippen molar-refractivity contribution in [2.45, 2.75) is 65.8 Å². The van der Waals surface area contributed by atoms with Crippen molar-refractivity contribution in [1.82, 2.24) is 5.32 Å². The first kappa shape index (κ1) is 15.6. The molecule has 0 bridgehead atoms. The summed E-state index contributed by atoms with van der Waals surface area (Å²) in [5.41, 5.74) is 3.61. The number of hydrogen-bond acceptors (Lipinski definition) is 1. The van der Waals surface area contributed by atoms with Gasteiger partial charge in [-0.15, -0.1) is 0 Å². The van der Waals surface area contributed by atoms with Gasteiger partial charge in [-0.25, -0.2) is 0 Å². The Balaban J connectivity index is 2.00. The second-order valence-corrected chi connectivity index (χ2v) is 7.54. The molecule has 2 rings (SSSR count). The molecule has 1 aromatic rings. The van der Waals surface area contributed by atoms with Crippen LogP contribution in [0.15, 0.2) is 24.3 Å². The molecule has 20 heavy (non-hydrogen) atoms. The average molecular weight is 273 g/mol. The third-order valence-electron chi connectivity index (χ3n) is 4.63. The first-order chi connectivity index (χ1) is 9.49. The van der Waals surface area contributed by atoms with E-state index < -0.39 is 0 Å². The van der Waals surface area contributed by atoms with E-state index in [4.69, 9.17) is 0 Å². The third-order valence-corrected chi connectivity index (χ3v) is 4.63. The molecule has 1 heteroatoms. The van der Waals surface area contributed by atoms with E-state index in [-0.39, 0.29) is 0 Å². The lowest BCUT2D eigenvalue weighted by molar-refractivity contribution is 0.263. The first-order valence-electron chi connectivity index (χ1n) is 8.30. The minimum absolute atomic E-state index is 0.445. The van der Waals surface area contributed by atoms with Gasteiger partial charge < -0.3 is 5.32 Å². The molecule has 2 unspecified atom stereocenters. The van der Waals surface area contributed by atoms with Gasteiger partial charge in [0.25, 0.3) is 0 Å². The van der Waals surface area contributed by atoms with Crippen LogP contribution in [-0.4, -0.2) is 12.6 Å². The maximum absolute atomic E-state index is 3.76. The second kappa shape index (κ2) is 6.76. The lowest BCUT2D eigenvalue weighted by Crippen LogP contribution is -2.39. The molecule has 0 saturated carbocycles.